The molecule has 1 aromatic carbocycles. The SMILES string of the molecule is CN(Cc1cccc(F)c1)c1ncnc2nc[nH]c12. The summed E-state index contributed by atoms with van der Waals surface area (Å²) in [6.45, 7) is 0.558. The predicted octanol–water partition coefficient (Wildman–Crippen LogP) is 2.13. The first-order chi connectivity index (χ1) is 9.24. The molecule has 1 N–H and O–H groups in total. The van der Waals surface area contributed by atoms with Crippen molar-refractivity contribution >= 4 is 17.0 Å². The van der Waals surface area contributed by atoms with Gasteiger partial charge in [0.2, 0.25) is 0 Å². The average molecular weight is 257 g/mol. The summed E-state index contributed by atoms with van der Waals surface area (Å²) in [4.78, 5) is 17.3. The highest BCUT2D eigenvalue weighted by Gasteiger charge is 2.10. The van der Waals surface area contributed by atoms with Crippen LogP contribution in [0.5, 0.6) is 0 Å². The fourth-order valence-corrected chi connectivity index (χ4v) is 2.03. The normalized spacial score (nSPS) is 10.8. The lowest BCUT2D eigenvalue weighted by molar-refractivity contribution is 0.625. The minimum atomic E-state index is -0.236. The van der Waals surface area contributed by atoms with Gasteiger partial charge in [-0.1, -0.05) is 12.1 Å². The van der Waals surface area contributed by atoms with E-state index in [1.165, 1.54) is 18.5 Å². The second-order valence-corrected chi connectivity index (χ2v) is 4.28. The molecule has 3 aromatic rings. The molecule has 3 rings (SSSR count). The Morgan fingerprint density at radius 3 is 3.00 bits per heavy atom. The van der Waals surface area contributed by atoms with Crippen molar-refractivity contribution in [1.29, 1.82) is 0 Å². The highest BCUT2D eigenvalue weighted by atomic mass is 19.1. The van der Waals surface area contributed by atoms with Gasteiger partial charge in [0, 0.05) is 13.6 Å². The molecule has 2 heterocycles. The second kappa shape index (κ2) is 4.64. The molecule has 0 aliphatic carbocycles. The van der Waals surface area contributed by atoms with Crippen LogP contribution in [0.1, 0.15) is 5.56 Å². The second-order valence-electron chi connectivity index (χ2n) is 4.28. The molecule has 0 spiro atoms. The quantitative estimate of drug-likeness (QED) is 0.781. The van der Waals surface area contributed by atoms with Gasteiger partial charge in [0.1, 0.15) is 17.7 Å². The molecular weight excluding hydrogens is 245 g/mol. The third kappa shape index (κ3) is 2.24. The number of nitrogens with one attached hydrogen (secondary N) is 1. The molecule has 0 amide bonds. The summed E-state index contributed by atoms with van der Waals surface area (Å²) in [6, 6.07) is 6.53. The Kier molecular flexibility index (Phi) is 2.83. The molecule has 0 bridgehead atoms. The molecule has 0 atom stereocenters. The molecule has 0 saturated heterocycles. The highest BCUT2D eigenvalue weighted by Crippen LogP contribution is 2.20. The molecule has 0 fully saturated rings. The van der Waals surface area contributed by atoms with E-state index in [1.54, 1.807) is 12.4 Å². The van der Waals surface area contributed by atoms with Crippen molar-refractivity contribution in [2.45, 2.75) is 6.54 Å². The van der Waals surface area contributed by atoms with Crippen molar-refractivity contribution in [1.82, 2.24) is 19.9 Å². The van der Waals surface area contributed by atoms with Gasteiger partial charge in [0.25, 0.3) is 0 Å². The summed E-state index contributed by atoms with van der Waals surface area (Å²) >= 11 is 0. The molecule has 0 radical (unpaired) electrons. The summed E-state index contributed by atoms with van der Waals surface area (Å²) in [5, 5.41) is 0. The number of anilines is 1. The van der Waals surface area contributed by atoms with E-state index in [2.05, 4.69) is 19.9 Å². The van der Waals surface area contributed by atoms with Crippen LogP contribution in [0.25, 0.3) is 11.2 Å². The molecule has 2 aromatic heterocycles. The minimum Gasteiger partial charge on any atom is -0.353 e. The van der Waals surface area contributed by atoms with Crippen LogP contribution in [0.2, 0.25) is 0 Å². The van der Waals surface area contributed by atoms with Crippen LogP contribution in [0, 0.1) is 5.82 Å². The highest BCUT2D eigenvalue weighted by molar-refractivity contribution is 5.82. The largest absolute Gasteiger partial charge is 0.353 e. The zero-order valence-electron chi connectivity index (χ0n) is 10.3. The lowest BCUT2D eigenvalue weighted by Crippen LogP contribution is -2.18. The van der Waals surface area contributed by atoms with Crippen molar-refractivity contribution in [2.75, 3.05) is 11.9 Å². The zero-order valence-corrected chi connectivity index (χ0v) is 10.3. The molecule has 0 saturated carbocycles. The van der Waals surface area contributed by atoms with E-state index in [1.807, 2.05) is 18.0 Å². The summed E-state index contributed by atoms with van der Waals surface area (Å²) in [5.41, 5.74) is 2.28. The van der Waals surface area contributed by atoms with Gasteiger partial charge in [-0.25, -0.2) is 19.3 Å². The average Bonchev–Trinajstić information content (AvgIpc) is 2.86. The molecule has 6 heteroatoms. The van der Waals surface area contributed by atoms with Gasteiger partial charge in [-0.2, -0.15) is 0 Å². The van der Waals surface area contributed by atoms with Crippen LogP contribution in [0.15, 0.2) is 36.9 Å². The first kappa shape index (κ1) is 11.6. The molecule has 19 heavy (non-hydrogen) atoms. The number of aromatic nitrogens is 4. The number of hydrogen-bond donors (Lipinski definition) is 1. The molecule has 0 aliphatic rings. The number of halogens is 1. The van der Waals surface area contributed by atoms with Gasteiger partial charge in [-0.05, 0) is 17.7 Å². The molecular formula is C13H12FN5. The summed E-state index contributed by atoms with van der Waals surface area (Å²) < 4.78 is 13.2. The van der Waals surface area contributed by atoms with Crippen LogP contribution < -0.4 is 4.90 Å². The van der Waals surface area contributed by atoms with E-state index in [4.69, 9.17) is 0 Å². The summed E-state index contributed by atoms with van der Waals surface area (Å²) in [5.74, 6) is 0.507. The van der Waals surface area contributed by atoms with E-state index in [0.29, 0.717) is 12.2 Å². The maximum atomic E-state index is 13.2. The van der Waals surface area contributed by atoms with Crippen LogP contribution in [-0.2, 0) is 6.54 Å². The lowest BCUT2D eigenvalue weighted by Gasteiger charge is -2.18. The first-order valence-corrected chi connectivity index (χ1v) is 5.84. The summed E-state index contributed by atoms with van der Waals surface area (Å²) in [7, 11) is 1.90. The van der Waals surface area contributed by atoms with Crippen molar-refractivity contribution in [2.24, 2.45) is 0 Å². The number of benzene rings is 1. The first-order valence-electron chi connectivity index (χ1n) is 5.84. The zero-order chi connectivity index (χ0) is 13.2. The van der Waals surface area contributed by atoms with Gasteiger partial charge >= 0.3 is 0 Å². The molecule has 96 valence electrons. The fraction of sp³-hybridized carbons (Fsp3) is 0.154. The maximum Gasteiger partial charge on any atom is 0.182 e. The van der Waals surface area contributed by atoms with Gasteiger partial charge < -0.3 is 9.88 Å². The van der Waals surface area contributed by atoms with Gasteiger partial charge in [0.15, 0.2) is 11.5 Å². The minimum absolute atomic E-state index is 0.236. The van der Waals surface area contributed by atoms with Crippen LogP contribution in [-0.4, -0.2) is 27.0 Å². The topological polar surface area (TPSA) is 57.7 Å². The number of fused-ring (bicyclic) bond motifs is 1. The van der Waals surface area contributed by atoms with Crippen molar-refractivity contribution in [3.05, 3.63) is 48.3 Å². The number of rotatable bonds is 3. The smallest absolute Gasteiger partial charge is 0.182 e. The van der Waals surface area contributed by atoms with Gasteiger partial charge in [-0.3, -0.25) is 0 Å². The molecule has 0 unspecified atom stereocenters. The van der Waals surface area contributed by atoms with Crippen molar-refractivity contribution in [3.8, 4) is 0 Å². The Labute approximate surface area is 109 Å². The number of hydrogen-bond acceptors (Lipinski definition) is 4. The number of H-pyrrole nitrogens is 1. The summed E-state index contributed by atoms with van der Waals surface area (Å²) in [6.07, 6.45) is 3.06. The van der Waals surface area contributed by atoms with E-state index in [9.17, 15) is 4.39 Å². The fourth-order valence-electron chi connectivity index (χ4n) is 2.03. The van der Waals surface area contributed by atoms with E-state index < -0.39 is 0 Å². The Hall–Kier alpha value is -2.50. The molecule has 0 aliphatic heterocycles. The van der Waals surface area contributed by atoms with E-state index in [-0.39, 0.29) is 5.82 Å². The molecule has 5 nitrogen and oxygen atoms in total. The Morgan fingerprint density at radius 2 is 2.16 bits per heavy atom. The third-order valence-corrected chi connectivity index (χ3v) is 2.87. The van der Waals surface area contributed by atoms with Gasteiger partial charge in [-0.15, -0.1) is 0 Å². The number of aromatic amines is 1. The Morgan fingerprint density at radius 1 is 1.26 bits per heavy atom. The Bertz CT molecular complexity index is 709. The maximum absolute atomic E-state index is 13.2. The number of nitrogens with zero attached hydrogens (tertiary/aromatic N) is 4. The van der Waals surface area contributed by atoms with E-state index in [0.717, 1.165) is 16.9 Å². The predicted molar refractivity (Wildman–Crippen MR) is 70.2 cm³/mol. The van der Waals surface area contributed by atoms with Crippen LogP contribution in [0.4, 0.5) is 10.2 Å². The van der Waals surface area contributed by atoms with E-state index >= 15 is 0 Å². The van der Waals surface area contributed by atoms with Crippen LogP contribution >= 0.6 is 0 Å². The third-order valence-electron chi connectivity index (χ3n) is 2.87. The standard InChI is InChI=1S/C13H12FN5/c1-19(6-9-3-2-4-10(14)5-9)13-11-12(16-7-15-11)17-8-18-13/h2-5,7-8H,6H2,1H3,(H,15,16,17,18). The van der Waals surface area contributed by atoms with Crippen molar-refractivity contribution < 1.29 is 4.39 Å². The number of imidazole rings is 1. The van der Waals surface area contributed by atoms with Crippen molar-refractivity contribution in [3.63, 3.8) is 0 Å². The van der Waals surface area contributed by atoms with Crippen LogP contribution in [0.3, 0.4) is 0 Å². The Balaban J connectivity index is 1.91. The lowest BCUT2D eigenvalue weighted by atomic mass is 10.2. The monoisotopic (exact) mass is 257 g/mol. The van der Waals surface area contributed by atoms with Gasteiger partial charge in [0.05, 0.1) is 6.33 Å².